The van der Waals surface area contributed by atoms with Crippen molar-refractivity contribution in [3.05, 3.63) is 34.3 Å². The number of aryl methyl sites for hydroxylation is 1. The summed E-state index contributed by atoms with van der Waals surface area (Å²) in [6, 6.07) is 6.36. The summed E-state index contributed by atoms with van der Waals surface area (Å²) in [5, 5.41) is 4.18. The van der Waals surface area contributed by atoms with Crippen LogP contribution < -0.4 is 5.32 Å². The summed E-state index contributed by atoms with van der Waals surface area (Å²) < 4.78 is 0. The zero-order chi connectivity index (χ0) is 12.5. The Balaban J connectivity index is 2.13. The van der Waals surface area contributed by atoms with Gasteiger partial charge in [-0.2, -0.15) is 0 Å². The van der Waals surface area contributed by atoms with E-state index in [1.165, 1.54) is 37.1 Å². The van der Waals surface area contributed by atoms with Crippen molar-refractivity contribution in [2.75, 3.05) is 13.1 Å². The summed E-state index contributed by atoms with van der Waals surface area (Å²) in [5.41, 5.74) is 3.05. The van der Waals surface area contributed by atoms with Crippen LogP contribution in [0.1, 0.15) is 38.3 Å². The highest BCUT2D eigenvalue weighted by Gasteiger charge is 2.20. The van der Waals surface area contributed by atoms with E-state index in [2.05, 4.69) is 38.2 Å². The molecule has 1 N–H and O–H groups in total. The number of benzene rings is 1. The van der Waals surface area contributed by atoms with E-state index < -0.39 is 0 Å². The van der Waals surface area contributed by atoms with E-state index in [-0.39, 0.29) is 5.41 Å². The van der Waals surface area contributed by atoms with E-state index in [4.69, 9.17) is 11.6 Å². The third-order valence-corrected chi connectivity index (χ3v) is 3.80. The van der Waals surface area contributed by atoms with Crippen LogP contribution in [-0.2, 0) is 11.8 Å². The second kappa shape index (κ2) is 4.99. The van der Waals surface area contributed by atoms with Gasteiger partial charge in [0, 0.05) is 5.02 Å². The maximum absolute atomic E-state index is 6.11. The number of rotatable bonds is 3. The average molecular weight is 252 g/mol. The summed E-state index contributed by atoms with van der Waals surface area (Å²) in [4.78, 5) is 0. The summed E-state index contributed by atoms with van der Waals surface area (Å²) in [6.45, 7) is 9.16. The molecule has 1 heterocycles. The molecule has 1 aliphatic heterocycles. The highest BCUT2D eigenvalue weighted by molar-refractivity contribution is 6.30. The van der Waals surface area contributed by atoms with Gasteiger partial charge in [0.15, 0.2) is 0 Å². The molecule has 1 nitrogen and oxygen atoms in total. The van der Waals surface area contributed by atoms with Gasteiger partial charge in [0.1, 0.15) is 0 Å². The standard InChI is InChI=1S/C15H22ClN/c1-15(2,3)14-8-13(16)7-6-12(14)5-4-11-9-17-10-11/h6-8,11,17H,4-5,9-10H2,1-3H3. The van der Waals surface area contributed by atoms with Crippen molar-refractivity contribution in [3.8, 4) is 0 Å². The summed E-state index contributed by atoms with van der Waals surface area (Å²) in [5.74, 6) is 0.874. The zero-order valence-corrected chi connectivity index (χ0v) is 11.8. The number of nitrogens with one attached hydrogen (secondary N) is 1. The number of hydrogen-bond acceptors (Lipinski definition) is 1. The second-order valence-electron chi connectivity index (χ2n) is 6.11. The van der Waals surface area contributed by atoms with Gasteiger partial charge in [-0.1, -0.05) is 38.4 Å². The van der Waals surface area contributed by atoms with E-state index in [9.17, 15) is 0 Å². The van der Waals surface area contributed by atoms with Crippen LogP contribution in [0.5, 0.6) is 0 Å². The van der Waals surface area contributed by atoms with Crippen molar-refractivity contribution in [2.45, 2.75) is 39.0 Å². The van der Waals surface area contributed by atoms with Gasteiger partial charge in [0.25, 0.3) is 0 Å². The monoisotopic (exact) mass is 251 g/mol. The van der Waals surface area contributed by atoms with Gasteiger partial charge in [-0.05, 0) is 60.5 Å². The van der Waals surface area contributed by atoms with Crippen LogP contribution in [0.4, 0.5) is 0 Å². The van der Waals surface area contributed by atoms with Crippen LogP contribution in [0, 0.1) is 5.92 Å². The molecule has 94 valence electrons. The lowest BCUT2D eigenvalue weighted by Crippen LogP contribution is -2.42. The van der Waals surface area contributed by atoms with Crippen LogP contribution in [0.2, 0.25) is 5.02 Å². The molecule has 1 aromatic rings. The molecule has 2 rings (SSSR count). The lowest BCUT2D eigenvalue weighted by Gasteiger charge is -2.28. The van der Waals surface area contributed by atoms with Crippen molar-refractivity contribution in [1.29, 1.82) is 0 Å². The Labute approximate surface area is 110 Å². The average Bonchev–Trinajstić information content (AvgIpc) is 2.16. The second-order valence-corrected chi connectivity index (χ2v) is 6.55. The van der Waals surface area contributed by atoms with Crippen LogP contribution in [-0.4, -0.2) is 13.1 Å². The van der Waals surface area contributed by atoms with Crippen molar-refractivity contribution >= 4 is 11.6 Å². The Morgan fingerprint density at radius 3 is 2.53 bits per heavy atom. The number of halogens is 1. The highest BCUT2D eigenvalue weighted by Crippen LogP contribution is 2.30. The minimum atomic E-state index is 0.179. The minimum absolute atomic E-state index is 0.179. The molecule has 0 bridgehead atoms. The molecule has 0 atom stereocenters. The van der Waals surface area contributed by atoms with E-state index in [1.807, 2.05) is 6.07 Å². The third-order valence-electron chi connectivity index (χ3n) is 3.57. The fourth-order valence-electron chi connectivity index (χ4n) is 2.38. The molecule has 0 aliphatic carbocycles. The van der Waals surface area contributed by atoms with Crippen molar-refractivity contribution in [2.24, 2.45) is 5.92 Å². The van der Waals surface area contributed by atoms with Crippen LogP contribution in [0.15, 0.2) is 18.2 Å². The van der Waals surface area contributed by atoms with E-state index in [1.54, 1.807) is 0 Å². The Morgan fingerprint density at radius 1 is 1.29 bits per heavy atom. The normalized spacial score (nSPS) is 16.9. The Bertz CT molecular complexity index is 388. The first-order valence-corrected chi connectivity index (χ1v) is 6.84. The molecule has 1 fully saturated rings. The first-order valence-electron chi connectivity index (χ1n) is 6.46. The molecular weight excluding hydrogens is 230 g/mol. The van der Waals surface area contributed by atoms with Crippen molar-refractivity contribution < 1.29 is 0 Å². The molecule has 0 amide bonds. The maximum Gasteiger partial charge on any atom is 0.0409 e. The van der Waals surface area contributed by atoms with Gasteiger partial charge in [0.2, 0.25) is 0 Å². The Hall–Kier alpha value is -0.530. The maximum atomic E-state index is 6.11. The lowest BCUT2D eigenvalue weighted by atomic mass is 9.81. The van der Waals surface area contributed by atoms with Gasteiger partial charge in [0.05, 0.1) is 0 Å². The van der Waals surface area contributed by atoms with Crippen LogP contribution in [0.3, 0.4) is 0 Å². The molecule has 2 heteroatoms. The third kappa shape index (κ3) is 3.23. The molecule has 0 saturated carbocycles. The Kier molecular flexibility index (Phi) is 3.79. The minimum Gasteiger partial charge on any atom is -0.316 e. The van der Waals surface area contributed by atoms with Gasteiger partial charge >= 0.3 is 0 Å². The molecule has 1 saturated heterocycles. The number of hydrogen-bond donors (Lipinski definition) is 1. The van der Waals surface area contributed by atoms with Gasteiger partial charge in [-0.25, -0.2) is 0 Å². The van der Waals surface area contributed by atoms with Crippen LogP contribution >= 0.6 is 11.6 Å². The van der Waals surface area contributed by atoms with Gasteiger partial charge in [-0.3, -0.25) is 0 Å². The van der Waals surface area contributed by atoms with Gasteiger partial charge < -0.3 is 5.32 Å². The topological polar surface area (TPSA) is 12.0 Å². The predicted molar refractivity (Wildman–Crippen MR) is 74.8 cm³/mol. The quantitative estimate of drug-likeness (QED) is 0.862. The molecule has 0 spiro atoms. The van der Waals surface area contributed by atoms with E-state index in [0.29, 0.717) is 0 Å². The SMILES string of the molecule is CC(C)(C)c1cc(Cl)ccc1CCC1CNC1. The van der Waals surface area contributed by atoms with E-state index >= 15 is 0 Å². The first-order chi connectivity index (χ1) is 7.97. The fourth-order valence-corrected chi connectivity index (χ4v) is 2.55. The van der Waals surface area contributed by atoms with E-state index in [0.717, 1.165) is 10.9 Å². The predicted octanol–water partition coefficient (Wildman–Crippen LogP) is 3.79. The molecular formula is C15H22ClN. The zero-order valence-electron chi connectivity index (χ0n) is 11.0. The lowest BCUT2D eigenvalue weighted by molar-refractivity contribution is 0.327. The summed E-state index contributed by atoms with van der Waals surface area (Å²) >= 11 is 6.11. The fraction of sp³-hybridized carbons (Fsp3) is 0.600. The van der Waals surface area contributed by atoms with Crippen LogP contribution in [0.25, 0.3) is 0 Å². The molecule has 1 aromatic carbocycles. The molecule has 1 aliphatic rings. The summed E-state index contributed by atoms with van der Waals surface area (Å²) in [7, 11) is 0. The molecule has 0 radical (unpaired) electrons. The Morgan fingerprint density at radius 2 is 2.00 bits per heavy atom. The largest absolute Gasteiger partial charge is 0.316 e. The first kappa shape index (κ1) is 12.9. The smallest absolute Gasteiger partial charge is 0.0409 e. The molecule has 0 aromatic heterocycles. The highest BCUT2D eigenvalue weighted by atomic mass is 35.5. The van der Waals surface area contributed by atoms with Crippen molar-refractivity contribution in [3.63, 3.8) is 0 Å². The van der Waals surface area contributed by atoms with Crippen molar-refractivity contribution in [1.82, 2.24) is 5.32 Å². The summed E-state index contributed by atoms with van der Waals surface area (Å²) in [6.07, 6.45) is 2.47. The molecule has 17 heavy (non-hydrogen) atoms. The van der Waals surface area contributed by atoms with Gasteiger partial charge in [-0.15, -0.1) is 0 Å². The molecule has 0 unspecified atom stereocenters.